The highest BCUT2D eigenvalue weighted by molar-refractivity contribution is 7.12. The molecule has 2 rings (SSSR count). The second-order valence-corrected chi connectivity index (χ2v) is 6.94. The SMILES string of the molecule is Cc1cc(C(=O)OCC(=O)N2CCC[C@@H](C(N)=O)C2)c(C)s1. The maximum atomic E-state index is 12.1. The second kappa shape index (κ2) is 6.91. The number of ether oxygens (including phenoxy) is 1. The van der Waals surface area contributed by atoms with Crippen molar-refractivity contribution < 1.29 is 19.1 Å². The van der Waals surface area contributed by atoms with Gasteiger partial charge in [-0.3, -0.25) is 9.59 Å². The van der Waals surface area contributed by atoms with E-state index in [2.05, 4.69) is 0 Å². The normalized spacial score (nSPS) is 18.1. The van der Waals surface area contributed by atoms with Crippen molar-refractivity contribution in [1.29, 1.82) is 0 Å². The Morgan fingerprint density at radius 3 is 2.73 bits per heavy atom. The van der Waals surface area contributed by atoms with Crippen LogP contribution in [0.3, 0.4) is 0 Å². The van der Waals surface area contributed by atoms with E-state index in [4.69, 9.17) is 10.5 Å². The van der Waals surface area contributed by atoms with Crippen LogP contribution in [-0.4, -0.2) is 42.4 Å². The van der Waals surface area contributed by atoms with Gasteiger partial charge in [0.15, 0.2) is 6.61 Å². The molecule has 6 nitrogen and oxygen atoms in total. The van der Waals surface area contributed by atoms with Crippen molar-refractivity contribution in [2.24, 2.45) is 11.7 Å². The number of nitrogens with two attached hydrogens (primary N) is 1. The Hall–Kier alpha value is -1.89. The third-order valence-electron chi connectivity index (χ3n) is 3.76. The zero-order chi connectivity index (χ0) is 16.3. The molecular weight excluding hydrogens is 304 g/mol. The molecule has 1 aromatic heterocycles. The molecule has 1 aliphatic heterocycles. The number of rotatable bonds is 4. The monoisotopic (exact) mass is 324 g/mol. The molecule has 1 atom stereocenters. The number of primary amides is 1. The van der Waals surface area contributed by atoms with Crippen LogP contribution in [0.5, 0.6) is 0 Å². The summed E-state index contributed by atoms with van der Waals surface area (Å²) in [6, 6.07) is 1.76. The van der Waals surface area contributed by atoms with Gasteiger partial charge in [-0.15, -0.1) is 11.3 Å². The molecule has 1 fully saturated rings. The number of hydrogen-bond donors (Lipinski definition) is 1. The lowest BCUT2D eigenvalue weighted by Gasteiger charge is -2.31. The summed E-state index contributed by atoms with van der Waals surface area (Å²) < 4.78 is 5.09. The predicted molar refractivity (Wildman–Crippen MR) is 82.6 cm³/mol. The highest BCUT2D eigenvalue weighted by atomic mass is 32.1. The van der Waals surface area contributed by atoms with Crippen molar-refractivity contribution in [3.63, 3.8) is 0 Å². The van der Waals surface area contributed by atoms with Gasteiger partial charge in [0.25, 0.3) is 5.91 Å². The molecule has 2 N–H and O–H groups in total. The molecule has 120 valence electrons. The zero-order valence-corrected chi connectivity index (χ0v) is 13.6. The molecule has 22 heavy (non-hydrogen) atoms. The Labute approximate surface area is 133 Å². The first kappa shape index (κ1) is 16.5. The van der Waals surface area contributed by atoms with Gasteiger partial charge >= 0.3 is 5.97 Å². The van der Waals surface area contributed by atoms with Gasteiger partial charge in [-0.1, -0.05) is 0 Å². The zero-order valence-electron chi connectivity index (χ0n) is 12.8. The summed E-state index contributed by atoms with van der Waals surface area (Å²) in [5.41, 5.74) is 5.79. The third-order valence-corrected chi connectivity index (χ3v) is 4.73. The van der Waals surface area contributed by atoms with Gasteiger partial charge in [0, 0.05) is 22.8 Å². The summed E-state index contributed by atoms with van der Waals surface area (Å²) in [5.74, 6) is -1.48. The Morgan fingerprint density at radius 1 is 1.41 bits per heavy atom. The standard InChI is InChI=1S/C15H20N2O4S/c1-9-6-12(10(2)22-9)15(20)21-8-13(18)17-5-3-4-11(7-17)14(16)19/h6,11H,3-5,7-8H2,1-2H3,(H2,16,19)/t11-/m1/s1. The van der Waals surface area contributed by atoms with Crippen LogP contribution < -0.4 is 5.73 Å². The smallest absolute Gasteiger partial charge is 0.339 e. The number of likely N-dealkylation sites (tertiary alicyclic amines) is 1. The van der Waals surface area contributed by atoms with Crippen LogP contribution in [0.25, 0.3) is 0 Å². The van der Waals surface area contributed by atoms with Crippen LogP contribution >= 0.6 is 11.3 Å². The van der Waals surface area contributed by atoms with Gasteiger partial charge < -0.3 is 15.4 Å². The van der Waals surface area contributed by atoms with Crippen LogP contribution in [0, 0.1) is 19.8 Å². The summed E-state index contributed by atoms with van der Waals surface area (Å²) in [7, 11) is 0. The molecule has 0 unspecified atom stereocenters. The Bertz CT molecular complexity index is 596. The number of hydrogen-bond acceptors (Lipinski definition) is 5. The van der Waals surface area contributed by atoms with Gasteiger partial charge in [0.1, 0.15) is 0 Å². The largest absolute Gasteiger partial charge is 0.452 e. The lowest BCUT2D eigenvalue weighted by molar-refractivity contribution is -0.137. The molecule has 0 radical (unpaired) electrons. The lowest BCUT2D eigenvalue weighted by Crippen LogP contribution is -2.45. The average Bonchev–Trinajstić information content (AvgIpc) is 2.83. The minimum absolute atomic E-state index is 0.288. The fraction of sp³-hybridized carbons (Fsp3) is 0.533. The average molecular weight is 324 g/mol. The predicted octanol–water partition coefficient (Wildman–Crippen LogP) is 1.25. The first-order chi connectivity index (χ1) is 10.4. The number of esters is 1. The van der Waals surface area contributed by atoms with Gasteiger partial charge in [0.2, 0.25) is 5.91 Å². The number of nitrogens with zero attached hydrogens (tertiary/aromatic N) is 1. The molecule has 2 heterocycles. The van der Waals surface area contributed by atoms with E-state index in [-0.39, 0.29) is 24.3 Å². The molecular formula is C15H20N2O4S. The molecule has 2 amide bonds. The second-order valence-electron chi connectivity index (χ2n) is 5.48. The van der Waals surface area contributed by atoms with Crippen molar-refractivity contribution in [3.05, 3.63) is 21.4 Å². The fourth-order valence-corrected chi connectivity index (χ4v) is 3.48. The Balaban J connectivity index is 1.88. The molecule has 0 spiro atoms. The van der Waals surface area contributed by atoms with E-state index in [9.17, 15) is 14.4 Å². The Morgan fingerprint density at radius 2 is 2.14 bits per heavy atom. The molecule has 0 saturated carbocycles. The van der Waals surface area contributed by atoms with Crippen LogP contribution in [0.15, 0.2) is 6.07 Å². The van der Waals surface area contributed by atoms with Crippen LogP contribution in [0.4, 0.5) is 0 Å². The van der Waals surface area contributed by atoms with Gasteiger partial charge in [-0.2, -0.15) is 0 Å². The van der Waals surface area contributed by atoms with Crippen molar-refractivity contribution in [1.82, 2.24) is 4.90 Å². The maximum Gasteiger partial charge on any atom is 0.339 e. The van der Waals surface area contributed by atoms with E-state index >= 15 is 0 Å². The molecule has 1 saturated heterocycles. The number of amides is 2. The van der Waals surface area contributed by atoms with Gasteiger partial charge in [-0.25, -0.2) is 4.79 Å². The molecule has 0 aliphatic carbocycles. The number of thiophene rings is 1. The summed E-state index contributed by atoms with van der Waals surface area (Å²) in [6.45, 7) is 4.33. The molecule has 1 aliphatic rings. The van der Waals surface area contributed by atoms with E-state index in [1.54, 1.807) is 6.07 Å². The number of aryl methyl sites for hydroxylation is 2. The van der Waals surface area contributed by atoms with E-state index in [1.807, 2.05) is 13.8 Å². The van der Waals surface area contributed by atoms with Crippen LogP contribution in [0.1, 0.15) is 33.0 Å². The third kappa shape index (κ3) is 3.85. The maximum absolute atomic E-state index is 12.1. The topological polar surface area (TPSA) is 89.7 Å². The molecule has 1 aromatic rings. The first-order valence-corrected chi connectivity index (χ1v) is 8.01. The Kier molecular flexibility index (Phi) is 5.18. The van der Waals surface area contributed by atoms with Crippen LogP contribution in [-0.2, 0) is 14.3 Å². The highest BCUT2D eigenvalue weighted by Crippen LogP contribution is 2.21. The minimum Gasteiger partial charge on any atom is -0.452 e. The fourth-order valence-electron chi connectivity index (χ4n) is 2.57. The van der Waals surface area contributed by atoms with Crippen molar-refractivity contribution in [2.75, 3.05) is 19.7 Å². The summed E-state index contributed by atoms with van der Waals surface area (Å²) in [4.78, 5) is 38.7. The first-order valence-electron chi connectivity index (χ1n) is 7.19. The van der Waals surface area contributed by atoms with Crippen LogP contribution in [0.2, 0.25) is 0 Å². The molecule has 7 heteroatoms. The summed E-state index contributed by atoms with van der Waals surface area (Å²) in [6.07, 6.45) is 1.43. The number of carbonyl (C=O) groups is 3. The van der Waals surface area contributed by atoms with Crippen molar-refractivity contribution >= 4 is 29.1 Å². The van der Waals surface area contributed by atoms with Crippen molar-refractivity contribution in [2.45, 2.75) is 26.7 Å². The van der Waals surface area contributed by atoms with Gasteiger partial charge in [0.05, 0.1) is 11.5 Å². The summed E-state index contributed by atoms with van der Waals surface area (Å²) >= 11 is 1.52. The number of carbonyl (C=O) groups excluding carboxylic acids is 3. The highest BCUT2D eigenvalue weighted by Gasteiger charge is 2.27. The van der Waals surface area contributed by atoms with Crippen molar-refractivity contribution in [3.8, 4) is 0 Å². The molecule has 0 bridgehead atoms. The van der Waals surface area contributed by atoms with E-state index in [0.29, 0.717) is 25.1 Å². The van der Waals surface area contributed by atoms with E-state index in [1.165, 1.54) is 16.2 Å². The molecule has 0 aromatic carbocycles. The minimum atomic E-state index is -0.487. The summed E-state index contributed by atoms with van der Waals surface area (Å²) in [5, 5.41) is 0. The lowest BCUT2D eigenvalue weighted by atomic mass is 9.97. The van der Waals surface area contributed by atoms with Gasteiger partial charge in [-0.05, 0) is 32.8 Å². The van der Waals surface area contributed by atoms with E-state index < -0.39 is 5.97 Å². The van der Waals surface area contributed by atoms with E-state index in [0.717, 1.165) is 16.2 Å². The quantitative estimate of drug-likeness (QED) is 0.844. The number of piperidine rings is 1.